The number of benzene rings is 1. The highest BCUT2D eigenvalue weighted by Gasteiger charge is 2.45. The van der Waals surface area contributed by atoms with Crippen molar-refractivity contribution in [3.05, 3.63) is 23.3 Å². The highest BCUT2D eigenvalue weighted by Crippen LogP contribution is 2.23. The van der Waals surface area contributed by atoms with Crippen LogP contribution in [0.15, 0.2) is 12.1 Å². The van der Waals surface area contributed by atoms with Crippen LogP contribution in [0.3, 0.4) is 0 Å². The predicted molar refractivity (Wildman–Crippen MR) is 70.1 cm³/mol. The molecule has 0 saturated heterocycles. The normalized spacial score (nSPS) is 11.7. The first-order valence-electron chi connectivity index (χ1n) is 5.53. The monoisotopic (exact) mass is 272 g/mol. The Bertz CT molecular complexity index is 395. The maximum absolute atomic E-state index is 9.36. The van der Waals surface area contributed by atoms with Crippen LogP contribution in [0.4, 0.5) is 0 Å². The molecule has 1 aromatic carbocycles. The van der Waals surface area contributed by atoms with Crippen LogP contribution < -0.4 is 9.92 Å². The van der Waals surface area contributed by atoms with Gasteiger partial charge in [-0.3, -0.25) is 0 Å². The Hall–Kier alpha value is -0.923. The molecule has 0 amide bonds. The fourth-order valence-electron chi connectivity index (χ4n) is 2.02. The van der Waals surface area contributed by atoms with Gasteiger partial charge in [-0.2, -0.15) is 0 Å². The van der Waals surface area contributed by atoms with E-state index in [4.69, 9.17) is 18.0 Å². The maximum atomic E-state index is 9.36. The van der Waals surface area contributed by atoms with Crippen LogP contribution in [0.1, 0.15) is 11.1 Å². The van der Waals surface area contributed by atoms with Crippen LogP contribution in [-0.4, -0.2) is 42.4 Å². The molecule has 0 radical (unpaired) electrons. The Morgan fingerprint density at radius 1 is 1.06 bits per heavy atom. The minimum absolute atomic E-state index is 0.113. The zero-order valence-corrected chi connectivity index (χ0v) is 12.4. The lowest BCUT2D eigenvalue weighted by molar-refractivity contribution is 0.139. The number of hydrogen-bond acceptors (Lipinski definition) is 5. The number of aliphatic hydroxyl groups is 1. The molecule has 0 heterocycles. The van der Waals surface area contributed by atoms with Crippen molar-refractivity contribution in [3.8, 4) is 5.75 Å². The lowest BCUT2D eigenvalue weighted by atomic mass is 10.1. The Kier molecular flexibility index (Phi) is 5.30. The van der Waals surface area contributed by atoms with E-state index in [2.05, 4.69) is 0 Å². The molecule has 5 nitrogen and oxygen atoms in total. The van der Waals surface area contributed by atoms with E-state index < -0.39 is 8.80 Å². The minimum Gasteiger partial charge on any atom is -0.496 e. The van der Waals surface area contributed by atoms with Crippen molar-refractivity contribution in [1.29, 1.82) is 0 Å². The van der Waals surface area contributed by atoms with Gasteiger partial charge in [0.2, 0.25) is 0 Å². The van der Waals surface area contributed by atoms with Gasteiger partial charge in [0.1, 0.15) is 5.75 Å². The molecule has 0 aliphatic heterocycles. The van der Waals surface area contributed by atoms with E-state index in [0.717, 1.165) is 10.8 Å². The SMILES string of the molecule is COc1c(CO)ccc(C)c1[Si](OC)(OC)OC. The fraction of sp³-hybridized carbons (Fsp3) is 0.500. The highest BCUT2D eigenvalue weighted by molar-refractivity contribution is 6.76. The average molecular weight is 272 g/mol. The van der Waals surface area contributed by atoms with Crippen LogP contribution in [0.25, 0.3) is 0 Å². The van der Waals surface area contributed by atoms with Gasteiger partial charge in [-0.05, 0) is 12.5 Å². The third kappa shape index (κ3) is 2.43. The lowest BCUT2D eigenvalue weighted by Gasteiger charge is -2.28. The Morgan fingerprint density at radius 2 is 1.61 bits per heavy atom. The van der Waals surface area contributed by atoms with Crippen molar-refractivity contribution in [2.24, 2.45) is 0 Å². The van der Waals surface area contributed by atoms with E-state index in [1.807, 2.05) is 19.1 Å². The second kappa shape index (κ2) is 6.30. The molecule has 18 heavy (non-hydrogen) atoms. The molecule has 0 aliphatic carbocycles. The van der Waals surface area contributed by atoms with Crippen molar-refractivity contribution in [3.63, 3.8) is 0 Å². The standard InChI is InChI=1S/C12H20O5Si/c1-9-6-7-10(8-13)11(14-2)12(9)18(15-3,16-4)17-5/h6-7,13H,8H2,1-5H3. The summed E-state index contributed by atoms with van der Waals surface area (Å²) in [6.07, 6.45) is 0. The molecule has 0 fully saturated rings. The van der Waals surface area contributed by atoms with Crippen molar-refractivity contribution >= 4 is 14.0 Å². The van der Waals surface area contributed by atoms with Crippen LogP contribution in [0.5, 0.6) is 5.75 Å². The third-order valence-electron chi connectivity index (χ3n) is 2.93. The van der Waals surface area contributed by atoms with Crippen molar-refractivity contribution in [1.82, 2.24) is 0 Å². The molecule has 0 aromatic heterocycles. The molecule has 1 N–H and O–H groups in total. The van der Waals surface area contributed by atoms with Gasteiger partial charge in [0.15, 0.2) is 0 Å². The van der Waals surface area contributed by atoms with Gasteiger partial charge >= 0.3 is 8.80 Å². The maximum Gasteiger partial charge on any atom is 0.540 e. The summed E-state index contributed by atoms with van der Waals surface area (Å²) in [5.41, 5.74) is 1.63. The summed E-state index contributed by atoms with van der Waals surface area (Å²) in [4.78, 5) is 0. The van der Waals surface area contributed by atoms with Crippen LogP contribution >= 0.6 is 0 Å². The van der Waals surface area contributed by atoms with E-state index in [-0.39, 0.29) is 6.61 Å². The Balaban J connectivity index is 3.54. The van der Waals surface area contributed by atoms with E-state index in [9.17, 15) is 5.11 Å². The number of ether oxygens (including phenoxy) is 1. The van der Waals surface area contributed by atoms with E-state index in [1.165, 1.54) is 0 Å². The zero-order valence-electron chi connectivity index (χ0n) is 11.4. The summed E-state index contributed by atoms with van der Waals surface area (Å²) in [6.45, 7) is 1.82. The minimum atomic E-state index is -2.99. The summed E-state index contributed by atoms with van der Waals surface area (Å²) in [5.74, 6) is 0.565. The molecular weight excluding hydrogens is 252 g/mol. The lowest BCUT2D eigenvalue weighted by Crippen LogP contribution is -2.56. The molecule has 0 unspecified atom stereocenters. The van der Waals surface area contributed by atoms with Crippen LogP contribution in [-0.2, 0) is 19.9 Å². The predicted octanol–water partition coefficient (Wildman–Crippen LogP) is 0.581. The molecular formula is C12H20O5Si. The van der Waals surface area contributed by atoms with Crippen LogP contribution in [0.2, 0.25) is 0 Å². The number of aliphatic hydroxyl groups excluding tert-OH is 1. The van der Waals surface area contributed by atoms with E-state index >= 15 is 0 Å². The largest absolute Gasteiger partial charge is 0.540 e. The Morgan fingerprint density at radius 3 is 2.00 bits per heavy atom. The van der Waals surface area contributed by atoms with Crippen molar-refractivity contribution < 1.29 is 23.1 Å². The molecule has 0 bridgehead atoms. The molecule has 102 valence electrons. The van der Waals surface area contributed by atoms with Gasteiger partial charge < -0.3 is 23.1 Å². The topological polar surface area (TPSA) is 57.2 Å². The summed E-state index contributed by atoms with van der Waals surface area (Å²) < 4.78 is 21.8. The third-order valence-corrected chi connectivity index (χ3v) is 5.78. The number of rotatable bonds is 6. The number of hydrogen-bond donors (Lipinski definition) is 1. The molecule has 1 rings (SSSR count). The van der Waals surface area contributed by atoms with Crippen LogP contribution in [0, 0.1) is 6.92 Å². The van der Waals surface area contributed by atoms with E-state index in [1.54, 1.807) is 28.4 Å². The second-order valence-corrected chi connectivity index (χ2v) is 6.61. The molecule has 6 heteroatoms. The molecule has 1 aromatic rings. The summed E-state index contributed by atoms with van der Waals surface area (Å²) in [6, 6.07) is 3.71. The van der Waals surface area contributed by atoms with Gasteiger partial charge in [0.05, 0.1) is 18.9 Å². The zero-order chi connectivity index (χ0) is 13.8. The smallest absolute Gasteiger partial charge is 0.496 e. The highest BCUT2D eigenvalue weighted by atomic mass is 28.4. The summed E-state index contributed by atoms with van der Waals surface area (Å²) in [5, 5.41) is 10.1. The first kappa shape index (κ1) is 15.1. The molecule has 0 saturated carbocycles. The Labute approximate surface area is 109 Å². The first-order chi connectivity index (χ1) is 8.60. The number of methoxy groups -OCH3 is 1. The quantitative estimate of drug-likeness (QED) is 0.768. The van der Waals surface area contributed by atoms with Gasteiger partial charge in [-0.25, -0.2) is 0 Å². The summed E-state index contributed by atoms with van der Waals surface area (Å²) >= 11 is 0. The molecule has 0 atom stereocenters. The molecule has 0 aliphatic rings. The van der Waals surface area contributed by atoms with Gasteiger partial charge in [-0.15, -0.1) is 0 Å². The average Bonchev–Trinajstić information content (AvgIpc) is 2.42. The number of aryl methyl sites for hydroxylation is 1. The van der Waals surface area contributed by atoms with Crippen molar-refractivity contribution in [2.45, 2.75) is 13.5 Å². The van der Waals surface area contributed by atoms with Gasteiger partial charge in [-0.1, -0.05) is 12.1 Å². The first-order valence-corrected chi connectivity index (χ1v) is 7.25. The van der Waals surface area contributed by atoms with Gasteiger partial charge in [0.25, 0.3) is 0 Å². The summed E-state index contributed by atoms with van der Waals surface area (Å²) in [7, 11) is 3.20. The second-order valence-electron chi connectivity index (χ2n) is 3.78. The van der Waals surface area contributed by atoms with Crippen molar-refractivity contribution in [2.75, 3.05) is 28.4 Å². The fourth-order valence-corrected chi connectivity index (χ4v) is 4.24. The molecule has 0 spiro atoms. The van der Waals surface area contributed by atoms with Gasteiger partial charge in [0, 0.05) is 26.9 Å². The van der Waals surface area contributed by atoms with E-state index in [0.29, 0.717) is 11.3 Å².